The monoisotopic (exact) mass is 199 g/mol. The second-order valence-electron chi connectivity index (χ2n) is 3.00. The average molecular weight is 199 g/mol. The van der Waals surface area contributed by atoms with Crippen molar-refractivity contribution in [1.29, 1.82) is 5.26 Å². The SMILES string of the molecule is C=CCN(CC=C)c1ccc(C#N)nc1. The first-order valence-electron chi connectivity index (χ1n) is 4.64. The van der Waals surface area contributed by atoms with Crippen molar-refractivity contribution in [3.63, 3.8) is 0 Å². The maximum absolute atomic E-state index is 8.62. The van der Waals surface area contributed by atoms with E-state index >= 15 is 0 Å². The number of rotatable bonds is 5. The molecule has 0 aliphatic rings. The topological polar surface area (TPSA) is 39.9 Å². The molecular weight excluding hydrogens is 186 g/mol. The van der Waals surface area contributed by atoms with Crippen molar-refractivity contribution in [3.8, 4) is 6.07 Å². The van der Waals surface area contributed by atoms with E-state index in [1.165, 1.54) is 0 Å². The molecule has 0 saturated carbocycles. The van der Waals surface area contributed by atoms with Crippen LogP contribution in [-0.4, -0.2) is 18.1 Å². The van der Waals surface area contributed by atoms with E-state index in [1.807, 2.05) is 24.3 Å². The van der Waals surface area contributed by atoms with E-state index in [-0.39, 0.29) is 0 Å². The molecule has 3 heteroatoms. The van der Waals surface area contributed by atoms with Crippen molar-refractivity contribution in [2.24, 2.45) is 0 Å². The lowest BCUT2D eigenvalue weighted by Crippen LogP contribution is -2.23. The van der Waals surface area contributed by atoms with Crippen LogP contribution in [0, 0.1) is 11.3 Å². The molecule has 0 bridgehead atoms. The van der Waals surface area contributed by atoms with E-state index in [9.17, 15) is 0 Å². The van der Waals surface area contributed by atoms with Crippen LogP contribution >= 0.6 is 0 Å². The van der Waals surface area contributed by atoms with Crippen molar-refractivity contribution >= 4 is 5.69 Å². The Kier molecular flexibility index (Phi) is 4.11. The number of aromatic nitrogens is 1. The largest absolute Gasteiger partial charge is 0.363 e. The van der Waals surface area contributed by atoms with Gasteiger partial charge in [0.05, 0.1) is 11.9 Å². The first kappa shape index (κ1) is 11.0. The van der Waals surface area contributed by atoms with Gasteiger partial charge in [0.1, 0.15) is 11.8 Å². The molecule has 0 unspecified atom stereocenters. The summed E-state index contributed by atoms with van der Waals surface area (Å²) >= 11 is 0. The Hall–Kier alpha value is -2.08. The van der Waals surface area contributed by atoms with Gasteiger partial charge in [0, 0.05) is 13.1 Å². The summed E-state index contributed by atoms with van der Waals surface area (Å²) in [6.45, 7) is 8.86. The van der Waals surface area contributed by atoms with E-state index < -0.39 is 0 Å². The Balaban J connectivity index is 2.86. The molecule has 0 fully saturated rings. The fourth-order valence-electron chi connectivity index (χ4n) is 1.24. The van der Waals surface area contributed by atoms with Gasteiger partial charge in [-0.2, -0.15) is 5.26 Å². The summed E-state index contributed by atoms with van der Waals surface area (Å²) in [5, 5.41) is 8.62. The van der Waals surface area contributed by atoms with Gasteiger partial charge in [-0.3, -0.25) is 0 Å². The third kappa shape index (κ3) is 2.96. The first-order valence-corrected chi connectivity index (χ1v) is 4.64. The Morgan fingerprint density at radius 1 is 1.33 bits per heavy atom. The van der Waals surface area contributed by atoms with Crippen molar-refractivity contribution < 1.29 is 0 Å². The highest BCUT2D eigenvalue weighted by Gasteiger charge is 2.02. The number of hydrogen-bond donors (Lipinski definition) is 0. The third-order valence-electron chi connectivity index (χ3n) is 1.93. The zero-order valence-corrected chi connectivity index (χ0v) is 8.56. The molecule has 0 spiro atoms. The van der Waals surface area contributed by atoms with Gasteiger partial charge in [-0.05, 0) is 12.1 Å². The predicted molar refractivity (Wildman–Crippen MR) is 61.6 cm³/mol. The van der Waals surface area contributed by atoms with Gasteiger partial charge in [0.2, 0.25) is 0 Å². The summed E-state index contributed by atoms with van der Waals surface area (Å²) in [6, 6.07) is 5.56. The second-order valence-corrected chi connectivity index (χ2v) is 3.00. The Morgan fingerprint density at radius 3 is 2.40 bits per heavy atom. The highest BCUT2D eigenvalue weighted by atomic mass is 15.1. The van der Waals surface area contributed by atoms with E-state index in [1.54, 1.807) is 12.3 Å². The normalized spacial score (nSPS) is 9.00. The minimum Gasteiger partial charge on any atom is -0.363 e. The predicted octanol–water partition coefficient (Wildman–Crippen LogP) is 2.13. The minimum atomic E-state index is 0.427. The smallest absolute Gasteiger partial charge is 0.140 e. The molecule has 1 aromatic heterocycles. The van der Waals surface area contributed by atoms with Crippen LogP contribution in [-0.2, 0) is 0 Å². The molecule has 0 amide bonds. The number of nitriles is 1. The molecule has 0 aliphatic heterocycles. The Labute approximate surface area is 90.0 Å². The first-order chi connectivity index (χ1) is 7.31. The molecule has 1 heterocycles. The van der Waals surface area contributed by atoms with Gasteiger partial charge >= 0.3 is 0 Å². The van der Waals surface area contributed by atoms with Crippen molar-refractivity contribution in [2.75, 3.05) is 18.0 Å². The molecule has 1 rings (SSSR count). The number of nitrogens with zero attached hydrogens (tertiary/aromatic N) is 3. The summed E-state index contributed by atoms with van der Waals surface area (Å²) in [5.41, 5.74) is 1.39. The van der Waals surface area contributed by atoms with Gasteiger partial charge in [-0.1, -0.05) is 12.2 Å². The molecule has 0 atom stereocenters. The zero-order chi connectivity index (χ0) is 11.1. The van der Waals surface area contributed by atoms with E-state index in [2.05, 4.69) is 23.0 Å². The summed E-state index contributed by atoms with van der Waals surface area (Å²) < 4.78 is 0. The molecule has 15 heavy (non-hydrogen) atoms. The van der Waals surface area contributed by atoms with Crippen LogP contribution in [0.3, 0.4) is 0 Å². The van der Waals surface area contributed by atoms with E-state index in [4.69, 9.17) is 5.26 Å². The second kappa shape index (κ2) is 5.61. The van der Waals surface area contributed by atoms with Crippen molar-refractivity contribution in [2.45, 2.75) is 0 Å². The van der Waals surface area contributed by atoms with Gasteiger partial charge in [0.15, 0.2) is 0 Å². The van der Waals surface area contributed by atoms with Gasteiger partial charge in [-0.15, -0.1) is 13.2 Å². The summed E-state index contributed by atoms with van der Waals surface area (Å²) in [7, 11) is 0. The minimum absolute atomic E-state index is 0.427. The average Bonchev–Trinajstić information content (AvgIpc) is 2.29. The Morgan fingerprint density at radius 2 is 2.00 bits per heavy atom. The highest BCUT2D eigenvalue weighted by molar-refractivity contribution is 5.47. The molecular formula is C12H13N3. The Bertz CT molecular complexity index is 363. The van der Waals surface area contributed by atoms with Crippen molar-refractivity contribution in [1.82, 2.24) is 4.98 Å². The molecule has 0 aliphatic carbocycles. The zero-order valence-electron chi connectivity index (χ0n) is 8.56. The van der Waals surface area contributed by atoms with Crippen LogP contribution < -0.4 is 4.90 Å². The molecule has 76 valence electrons. The molecule has 0 aromatic carbocycles. The molecule has 0 N–H and O–H groups in total. The van der Waals surface area contributed by atoms with Crippen LogP contribution in [0.15, 0.2) is 43.6 Å². The maximum Gasteiger partial charge on any atom is 0.140 e. The fraction of sp³-hybridized carbons (Fsp3) is 0.167. The van der Waals surface area contributed by atoms with Gasteiger partial charge < -0.3 is 4.90 Å². The van der Waals surface area contributed by atoms with Crippen LogP contribution in [0.1, 0.15) is 5.69 Å². The van der Waals surface area contributed by atoms with Crippen molar-refractivity contribution in [3.05, 3.63) is 49.3 Å². The standard InChI is InChI=1S/C12H13N3/c1-3-7-15(8-4-2)12-6-5-11(9-13)14-10-12/h3-6,10H,1-2,7-8H2. The number of hydrogen-bond acceptors (Lipinski definition) is 3. The van der Waals surface area contributed by atoms with Gasteiger partial charge in [0.25, 0.3) is 0 Å². The van der Waals surface area contributed by atoms with Crippen LogP contribution in [0.4, 0.5) is 5.69 Å². The maximum atomic E-state index is 8.62. The van der Waals surface area contributed by atoms with Crippen LogP contribution in [0.5, 0.6) is 0 Å². The highest BCUT2D eigenvalue weighted by Crippen LogP contribution is 2.12. The summed E-state index contributed by atoms with van der Waals surface area (Å²) in [4.78, 5) is 6.07. The quantitative estimate of drug-likeness (QED) is 0.682. The fourth-order valence-corrected chi connectivity index (χ4v) is 1.24. The van der Waals surface area contributed by atoms with E-state index in [0.29, 0.717) is 5.69 Å². The van der Waals surface area contributed by atoms with Gasteiger partial charge in [-0.25, -0.2) is 4.98 Å². The van der Waals surface area contributed by atoms with Crippen LogP contribution in [0.2, 0.25) is 0 Å². The van der Waals surface area contributed by atoms with Crippen LogP contribution in [0.25, 0.3) is 0 Å². The molecule has 1 aromatic rings. The number of pyridine rings is 1. The van der Waals surface area contributed by atoms with E-state index in [0.717, 1.165) is 18.8 Å². The lowest BCUT2D eigenvalue weighted by molar-refractivity contribution is 0.949. The summed E-state index contributed by atoms with van der Waals surface area (Å²) in [6.07, 6.45) is 5.33. The lowest BCUT2D eigenvalue weighted by atomic mass is 10.3. The number of anilines is 1. The summed E-state index contributed by atoms with van der Waals surface area (Å²) in [5.74, 6) is 0. The third-order valence-corrected chi connectivity index (χ3v) is 1.93. The molecule has 0 radical (unpaired) electrons. The molecule has 0 saturated heterocycles. The lowest BCUT2D eigenvalue weighted by Gasteiger charge is -2.20. The molecule has 3 nitrogen and oxygen atoms in total.